The molecule has 3 aromatic rings. The fourth-order valence-electron chi connectivity index (χ4n) is 3.53. The summed E-state index contributed by atoms with van der Waals surface area (Å²) < 4.78 is 25.3. The minimum absolute atomic E-state index is 0.0188. The number of ether oxygens (including phenoxy) is 2. The number of hydrogen-bond acceptors (Lipinski definition) is 10. The Balaban J connectivity index is 1.76. The maximum atomic E-state index is 14.2. The van der Waals surface area contributed by atoms with Crippen molar-refractivity contribution in [3.05, 3.63) is 58.9 Å². The van der Waals surface area contributed by atoms with Crippen LogP contribution in [0.4, 0.5) is 4.39 Å². The van der Waals surface area contributed by atoms with E-state index in [1.165, 1.54) is 6.07 Å². The Morgan fingerprint density at radius 2 is 1.48 bits per heavy atom. The smallest absolute Gasteiger partial charge is 0.341 e. The first-order valence-electron chi connectivity index (χ1n) is 9.44. The van der Waals surface area contributed by atoms with Crippen molar-refractivity contribution in [3.8, 4) is 46.0 Å². The van der Waals surface area contributed by atoms with Crippen LogP contribution in [-0.2, 0) is 11.2 Å². The molecule has 1 aliphatic heterocycles. The molecule has 0 aromatic heterocycles. The van der Waals surface area contributed by atoms with E-state index < -0.39 is 58.3 Å². The van der Waals surface area contributed by atoms with Crippen molar-refractivity contribution in [2.45, 2.75) is 18.6 Å². The number of benzene rings is 3. The Morgan fingerprint density at radius 3 is 2.15 bits per heavy atom. The topological polar surface area (TPSA) is 177 Å². The third-order valence-corrected chi connectivity index (χ3v) is 5.13. The zero-order valence-corrected chi connectivity index (χ0v) is 16.6. The van der Waals surface area contributed by atoms with Gasteiger partial charge in [-0.05, 0) is 12.1 Å². The zero-order chi connectivity index (χ0) is 24.0. The molecule has 0 radical (unpaired) electrons. The summed E-state index contributed by atoms with van der Waals surface area (Å²) in [6.45, 7) is 0. The van der Waals surface area contributed by atoms with E-state index in [-0.39, 0.29) is 34.8 Å². The van der Waals surface area contributed by atoms with Gasteiger partial charge in [0, 0.05) is 41.8 Å². The number of hydrogen-bond donors (Lipinski definition) is 7. The number of rotatable bonds is 3. The van der Waals surface area contributed by atoms with Crippen LogP contribution in [0.1, 0.15) is 27.6 Å². The molecule has 33 heavy (non-hydrogen) atoms. The summed E-state index contributed by atoms with van der Waals surface area (Å²) in [4.78, 5) is 12.7. The van der Waals surface area contributed by atoms with Crippen LogP contribution >= 0.6 is 0 Å². The van der Waals surface area contributed by atoms with Crippen LogP contribution in [0.15, 0.2) is 36.4 Å². The highest BCUT2D eigenvalue weighted by molar-refractivity contribution is 5.90. The standard InChI is InChI=1S/C22H17FO10/c23-12-7-15(27)14(26)5-10(12)22(31)33-19-6-11-13(25)3-9(24)4-18(11)32-21(19)8-1-16(28)20(30)17(29)2-8/h1-5,7,19,21,24-30H,6H2/t19?,21-/m1/s1. The van der Waals surface area contributed by atoms with E-state index in [0.29, 0.717) is 12.1 Å². The van der Waals surface area contributed by atoms with Gasteiger partial charge < -0.3 is 45.2 Å². The van der Waals surface area contributed by atoms with Gasteiger partial charge in [-0.2, -0.15) is 0 Å². The van der Waals surface area contributed by atoms with Crippen molar-refractivity contribution >= 4 is 5.97 Å². The normalized spacial score (nSPS) is 17.1. The molecule has 0 bridgehead atoms. The second-order valence-corrected chi connectivity index (χ2v) is 7.36. The summed E-state index contributed by atoms with van der Waals surface area (Å²) in [6, 6.07) is 5.52. The van der Waals surface area contributed by atoms with Crippen LogP contribution in [0.3, 0.4) is 0 Å². The third-order valence-electron chi connectivity index (χ3n) is 5.13. The van der Waals surface area contributed by atoms with E-state index in [4.69, 9.17) is 9.47 Å². The maximum absolute atomic E-state index is 14.2. The highest BCUT2D eigenvalue weighted by atomic mass is 19.1. The second-order valence-electron chi connectivity index (χ2n) is 7.36. The summed E-state index contributed by atoms with van der Waals surface area (Å²) >= 11 is 0. The summed E-state index contributed by atoms with van der Waals surface area (Å²) in [6.07, 6.45) is -2.70. The molecule has 2 atom stereocenters. The van der Waals surface area contributed by atoms with Crippen molar-refractivity contribution in [3.63, 3.8) is 0 Å². The first kappa shape index (κ1) is 21.7. The predicted octanol–water partition coefficient (Wildman–Crippen LogP) is 2.67. The largest absolute Gasteiger partial charge is 0.508 e. The summed E-state index contributed by atoms with van der Waals surface area (Å²) in [5.74, 6) is -6.80. The van der Waals surface area contributed by atoms with Crippen LogP contribution in [0.2, 0.25) is 0 Å². The van der Waals surface area contributed by atoms with Gasteiger partial charge in [0.1, 0.15) is 29.2 Å². The number of fused-ring (bicyclic) bond motifs is 1. The Bertz CT molecular complexity index is 1250. The fraction of sp³-hybridized carbons (Fsp3) is 0.136. The number of phenols is 7. The summed E-state index contributed by atoms with van der Waals surface area (Å²) in [5.41, 5.74) is -0.493. The van der Waals surface area contributed by atoms with Crippen LogP contribution < -0.4 is 4.74 Å². The number of phenolic OH excluding ortho intramolecular Hbond substituents is 7. The molecule has 0 saturated carbocycles. The molecule has 3 aromatic carbocycles. The molecule has 172 valence electrons. The van der Waals surface area contributed by atoms with Crippen LogP contribution in [0.5, 0.6) is 46.0 Å². The van der Waals surface area contributed by atoms with Gasteiger partial charge in [-0.25, -0.2) is 9.18 Å². The Morgan fingerprint density at radius 1 is 0.848 bits per heavy atom. The lowest BCUT2D eigenvalue weighted by atomic mass is 9.93. The minimum atomic E-state index is -1.26. The van der Waals surface area contributed by atoms with E-state index in [2.05, 4.69) is 0 Å². The van der Waals surface area contributed by atoms with E-state index in [0.717, 1.165) is 18.2 Å². The molecule has 1 aliphatic rings. The highest BCUT2D eigenvalue weighted by Crippen LogP contribution is 2.45. The van der Waals surface area contributed by atoms with E-state index in [9.17, 15) is 44.9 Å². The van der Waals surface area contributed by atoms with Crippen molar-refractivity contribution in [2.24, 2.45) is 0 Å². The lowest BCUT2D eigenvalue weighted by Crippen LogP contribution is -2.35. The van der Waals surface area contributed by atoms with Gasteiger partial charge >= 0.3 is 5.97 Å². The highest BCUT2D eigenvalue weighted by Gasteiger charge is 2.37. The molecule has 10 nitrogen and oxygen atoms in total. The van der Waals surface area contributed by atoms with Crippen LogP contribution in [-0.4, -0.2) is 47.8 Å². The first-order chi connectivity index (χ1) is 15.5. The summed E-state index contributed by atoms with van der Waals surface area (Å²) in [5, 5.41) is 68.3. The Labute approximate surface area is 184 Å². The van der Waals surface area contributed by atoms with Crippen LogP contribution in [0.25, 0.3) is 0 Å². The average Bonchev–Trinajstić information content (AvgIpc) is 2.74. The molecule has 0 spiro atoms. The number of carbonyl (C=O) groups excluding carboxylic acids is 1. The molecule has 1 unspecified atom stereocenters. The van der Waals surface area contributed by atoms with Gasteiger partial charge in [0.2, 0.25) is 0 Å². The number of aromatic hydroxyl groups is 7. The average molecular weight is 460 g/mol. The fourth-order valence-corrected chi connectivity index (χ4v) is 3.53. The van der Waals surface area contributed by atoms with Gasteiger partial charge in [0.05, 0.1) is 5.56 Å². The second kappa shape index (κ2) is 7.86. The van der Waals surface area contributed by atoms with E-state index in [1.807, 2.05) is 0 Å². The van der Waals surface area contributed by atoms with Crippen LogP contribution in [0, 0.1) is 5.82 Å². The number of carbonyl (C=O) groups is 1. The Kier molecular flexibility index (Phi) is 5.16. The van der Waals surface area contributed by atoms with Crippen molar-refractivity contribution < 1.29 is 54.4 Å². The van der Waals surface area contributed by atoms with Gasteiger partial charge in [-0.15, -0.1) is 0 Å². The number of esters is 1. The molecule has 11 heteroatoms. The monoisotopic (exact) mass is 460 g/mol. The minimum Gasteiger partial charge on any atom is -0.508 e. The van der Waals surface area contributed by atoms with Gasteiger partial charge in [0.15, 0.2) is 34.9 Å². The number of halogens is 1. The lowest BCUT2D eigenvalue weighted by Gasteiger charge is -2.34. The third kappa shape index (κ3) is 3.91. The molecule has 0 fully saturated rings. The molecule has 1 heterocycles. The quantitative estimate of drug-likeness (QED) is 0.227. The van der Waals surface area contributed by atoms with Crippen molar-refractivity contribution in [1.29, 1.82) is 0 Å². The molecule has 4 rings (SSSR count). The molecule has 0 amide bonds. The predicted molar refractivity (Wildman–Crippen MR) is 107 cm³/mol. The van der Waals surface area contributed by atoms with Gasteiger partial charge in [-0.1, -0.05) is 0 Å². The molecule has 0 aliphatic carbocycles. The SMILES string of the molecule is O=C(OC1Cc2c(O)cc(O)cc2O[C@@H]1c1cc(O)c(O)c(O)c1)c1cc(O)c(O)cc1F. The molecule has 0 saturated heterocycles. The molecular formula is C22H17FO10. The van der Waals surface area contributed by atoms with Gasteiger partial charge in [0.25, 0.3) is 0 Å². The lowest BCUT2D eigenvalue weighted by molar-refractivity contribution is -0.0192. The first-order valence-corrected chi connectivity index (χ1v) is 9.44. The van der Waals surface area contributed by atoms with E-state index in [1.54, 1.807) is 0 Å². The molecular weight excluding hydrogens is 443 g/mol. The molecule has 7 N–H and O–H groups in total. The van der Waals surface area contributed by atoms with Gasteiger partial charge in [-0.3, -0.25) is 0 Å². The van der Waals surface area contributed by atoms with Crippen molar-refractivity contribution in [2.75, 3.05) is 0 Å². The zero-order valence-electron chi connectivity index (χ0n) is 16.6. The Hall–Kier alpha value is -4.54. The summed E-state index contributed by atoms with van der Waals surface area (Å²) in [7, 11) is 0. The maximum Gasteiger partial charge on any atom is 0.341 e. The van der Waals surface area contributed by atoms with Crippen molar-refractivity contribution in [1.82, 2.24) is 0 Å². The van der Waals surface area contributed by atoms with E-state index >= 15 is 0 Å².